The lowest BCUT2D eigenvalue weighted by Crippen LogP contribution is -2.17. The summed E-state index contributed by atoms with van der Waals surface area (Å²) in [5.41, 5.74) is 8.85. The van der Waals surface area contributed by atoms with Gasteiger partial charge in [0.1, 0.15) is 11.2 Å². The highest BCUT2D eigenvalue weighted by atomic mass is 16.3. The summed E-state index contributed by atoms with van der Waals surface area (Å²) in [6.07, 6.45) is 0. The van der Waals surface area contributed by atoms with E-state index in [-0.39, 0.29) is 10.9 Å². The second-order valence-electron chi connectivity index (χ2n) is 12.0. The first-order valence-corrected chi connectivity index (χ1v) is 15.6. The summed E-state index contributed by atoms with van der Waals surface area (Å²) in [7, 11) is 0. The Morgan fingerprint density at radius 3 is 2.02 bits per heavy atom. The molecule has 220 valence electrons. The molecule has 3 aromatic heterocycles. The Balaban J connectivity index is 1.32. The minimum Gasteiger partial charge on any atom is -0.456 e. The standard InChI is InChI=1S/C41H28N2O3/c1-3-42(27-15-11-24(2)12-16-27)28-17-19-31-36(23-28)43-35-20-14-25(21-34(35)41(45)33-9-6-8-32(39(33)43)40(31)44)26-13-18-30-29-7-4-5-10-37(29)46-38(30)22-26/h4-23H,3H2,1-2H3. The van der Waals surface area contributed by atoms with Gasteiger partial charge in [0.15, 0.2) is 10.9 Å². The number of hydrogen-bond donors (Lipinski definition) is 0. The van der Waals surface area contributed by atoms with Gasteiger partial charge in [-0.3, -0.25) is 9.59 Å². The first-order valence-electron chi connectivity index (χ1n) is 15.6. The molecule has 6 aromatic carbocycles. The lowest BCUT2D eigenvalue weighted by Gasteiger charge is -2.24. The molecule has 0 fully saturated rings. The van der Waals surface area contributed by atoms with Crippen molar-refractivity contribution in [2.24, 2.45) is 0 Å². The summed E-state index contributed by atoms with van der Waals surface area (Å²) in [5, 5.41) is 4.44. The predicted molar refractivity (Wildman–Crippen MR) is 190 cm³/mol. The van der Waals surface area contributed by atoms with Gasteiger partial charge in [0.2, 0.25) is 0 Å². The van der Waals surface area contributed by atoms with E-state index in [2.05, 4.69) is 71.7 Å². The fourth-order valence-corrected chi connectivity index (χ4v) is 7.11. The molecule has 0 bridgehead atoms. The summed E-state index contributed by atoms with van der Waals surface area (Å²) in [4.78, 5) is 30.3. The van der Waals surface area contributed by atoms with Gasteiger partial charge in [-0.05, 0) is 97.8 Å². The van der Waals surface area contributed by atoms with Crippen molar-refractivity contribution in [3.63, 3.8) is 0 Å². The molecule has 0 aliphatic rings. The molecule has 5 nitrogen and oxygen atoms in total. The van der Waals surface area contributed by atoms with Crippen LogP contribution in [0.4, 0.5) is 11.4 Å². The monoisotopic (exact) mass is 596 g/mol. The van der Waals surface area contributed by atoms with E-state index in [9.17, 15) is 9.59 Å². The lowest BCUT2D eigenvalue weighted by molar-refractivity contribution is 0.669. The largest absolute Gasteiger partial charge is 0.456 e. The maximum atomic E-state index is 14.1. The zero-order valence-electron chi connectivity index (χ0n) is 25.4. The van der Waals surface area contributed by atoms with Crippen molar-refractivity contribution in [2.75, 3.05) is 11.4 Å². The Morgan fingerprint density at radius 1 is 0.565 bits per heavy atom. The van der Waals surface area contributed by atoms with E-state index in [0.717, 1.165) is 62.0 Å². The van der Waals surface area contributed by atoms with Crippen molar-refractivity contribution in [3.8, 4) is 11.1 Å². The van der Waals surface area contributed by atoms with Crippen LogP contribution in [-0.2, 0) is 0 Å². The van der Waals surface area contributed by atoms with Crippen LogP contribution in [0.2, 0.25) is 0 Å². The highest BCUT2D eigenvalue weighted by Gasteiger charge is 2.19. The summed E-state index contributed by atoms with van der Waals surface area (Å²) >= 11 is 0. The SMILES string of the molecule is CCN(c1ccc(C)cc1)c1ccc2c(=O)c3cccc4c(=O)c5cc(-c6ccc7c(c6)oc6ccccc67)ccc5n(c2c1)c43. The summed E-state index contributed by atoms with van der Waals surface area (Å²) in [5.74, 6) is 0. The van der Waals surface area contributed by atoms with Crippen molar-refractivity contribution in [2.45, 2.75) is 13.8 Å². The third-order valence-corrected chi connectivity index (χ3v) is 9.38. The Labute approximate surface area is 263 Å². The number of hydrogen-bond acceptors (Lipinski definition) is 4. The molecule has 9 rings (SSSR count). The van der Waals surface area contributed by atoms with Gasteiger partial charge in [-0.15, -0.1) is 0 Å². The summed E-state index contributed by atoms with van der Waals surface area (Å²) in [6.45, 7) is 4.96. The van der Waals surface area contributed by atoms with Crippen LogP contribution in [0.3, 0.4) is 0 Å². The molecule has 9 aromatic rings. The number of anilines is 2. The molecule has 0 atom stereocenters. The molecule has 3 heterocycles. The van der Waals surface area contributed by atoms with Gasteiger partial charge in [0.25, 0.3) is 0 Å². The van der Waals surface area contributed by atoms with Gasteiger partial charge in [-0.1, -0.05) is 54.1 Å². The first-order chi connectivity index (χ1) is 22.5. The second-order valence-corrected chi connectivity index (χ2v) is 12.0. The van der Waals surface area contributed by atoms with Gasteiger partial charge in [0.05, 0.1) is 16.6 Å². The molecule has 5 heteroatoms. The highest BCUT2D eigenvalue weighted by Crippen LogP contribution is 2.35. The average Bonchev–Trinajstić information content (AvgIpc) is 3.47. The van der Waals surface area contributed by atoms with Crippen LogP contribution in [0.15, 0.2) is 135 Å². The van der Waals surface area contributed by atoms with Gasteiger partial charge in [-0.25, -0.2) is 0 Å². The van der Waals surface area contributed by atoms with E-state index in [0.29, 0.717) is 27.1 Å². The average molecular weight is 597 g/mol. The minimum absolute atomic E-state index is 0.0694. The van der Waals surface area contributed by atoms with Crippen molar-refractivity contribution >= 4 is 71.4 Å². The van der Waals surface area contributed by atoms with Crippen molar-refractivity contribution in [3.05, 3.63) is 147 Å². The molecular weight excluding hydrogens is 568 g/mol. The van der Waals surface area contributed by atoms with E-state index in [1.165, 1.54) is 5.56 Å². The fourth-order valence-electron chi connectivity index (χ4n) is 7.11. The van der Waals surface area contributed by atoms with Crippen LogP contribution >= 0.6 is 0 Å². The van der Waals surface area contributed by atoms with Crippen LogP contribution in [0.5, 0.6) is 0 Å². The molecule has 0 aliphatic heterocycles. The van der Waals surface area contributed by atoms with Crippen molar-refractivity contribution < 1.29 is 4.42 Å². The number of para-hydroxylation sites is 2. The van der Waals surface area contributed by atoms with Crippen LogP contribution < -0.4 is 15.8 Å². The van der Waals surface area contributed by atoms with Gasteiger partial charge in [0, 0.05) is 50.2 Å². The van der Waals surface area contributed by atoms with Crippen molar-refractivity contribution in [1.29, 1.82) is 0 Å². The molecule has 0 spiro atoms. The van der Waals surface area contributed by atoms with Crippen LogP contribution in [-0.4, -0.2) is 10.9 Å². The Kier molecular flexibility index (Phi) is 5.63. The van der Waals surface area contributed by atoms with Gasteiger partial charge >= 0.3 is 0 Å². The minimum atomic E-state index is -0.0861. The molecule has 0 N–H and O–H groups in total. The molecule has 0 radical (unpaired) electrons. The van der Waals surface area contributed by atoms with E-state index in [4.69, 9.17) is 4.42 Å². The summed E-state index contributed by atoms with van der Waals surface area (Å²) < 4.78 is 8.27. The number of benzene rings is 6. The smallest absolute Gasteiger partial charge is 0.197 e. The number of pyridine rings is 2. The number of rotatable bonds is 4. The number of furan rings is 1. The van der Waals surface area contributed by atoms with Crippen LogP contribution in [0, 0.1) is 6.92 Å². The first kappa shape index (κ1) is 26.5. The third kappa shape index (κ3) is 3.75. The lowest BCUT2D eigenvalue weighted by atomic mass is 9.98. The zero-order valence-corrected chi connectivity index (χ0v) is 25.4. The highest BCUT2D eigenvalue weighted by molar-refractivity contribution is 6.09. The number of aromatic nitrogens is 1. The zero-order chi connectivity index (χ0) is 31.1. The molecule has 0 saturated carbocycles. The Morgan fingerprint density at radius 2 is 1.22 bits per heavy atom. The predicted octanol–water partition coefficient (Wildman–Crippen LogP) is 9.59. The van der Waals surface area contributed by atoms with E-state index < -0.39 is 0 Å². The molecular formula is C41H28N2O3. The Bertz CT molecular complexity index is 2790. The van der Waals surface area contributed by atoms with Crippen molar-refractivity contribution in [1.82, 2.24) is 4.40 Å². The summed E-state index contributed by atoms with van der Waals surface area (Å²) in [6, 6.07) is 40.2. The molecule has 0 amide bonds. The second kappa shape index (κ2) is 9.78. The maximum absolute atomic E-state index is 14.1. The van der Waals surface area contributed by atoms with Gasteiger partial charge < -0.3 is 13.7 Å². The third-order valence-electron chi connectivity index (χ3n) is 9.38. The van der Waals surface area contributed by atoms with E-state index in [1.54, 1.807) is 0 Å². The molecule has 0 aliphatic carbocycles. The van der Waals surface area contributed by atoms with Gasteiger partial charge in [-0.2, -0.15) is 0 Å². The molecule has 0 unspecified atom stereocenters. The normalized spacial score (nSPS) is 12.0. The topological polar surface area (TPSA) is 54.9 Å². The molecule has 0 saturated heterocycles. The fraction of sp³-hybridized carbons (Fsp3) is 0.0732. The van der Waals surface area contributed by atoms with E-state index in [1.807, 2.05) is 72.8 Å². The van der Waals surface area contributed by atoms with Crippen LogP contribution in [0.1, 0.15) is 12.5 Å². The number of fused-ring (bicyclic) bond motifs is 7. The van der Waals surface area contributed by atoms with E-state index >= 15 is 0 Å². The Hall–Kier alpha value is -5.94. The number of nitrogens with zero attached hydrogens (tertiary/aromatic N) is 2. The number of aryl methyl sites for hydroxylation is 1. The molecule has 46 heavy (non-hydrogen) atoms. The maximum Gasteiger partial charge on any atom is 0.197 e. The van der Waals surface area contributed by atoms with Crippen LogP contribution in [0.25, 0.3) is 71.2 Å². The quantitative estimate of drug-likeness (QED) is 0.150.